The number of pyridine rings is 1. The highest BCUT2D eigenvalue weighted by Crippen LogP contribution is 2.26. The van der Waals surface area contributed by atoms with Gasteiger partial charge in [-0.2, -0.15) is 0 Å². The van der Waals surface area contributed by atoms with Gasteiger partial charge in [-0.25, -0.2) is 5.48 Å². The quantitative estimate of drug-likeness (QED) is 0.593. The maximum atomic E-state index is 12.4. The van der Waals surface area contributed by atoms with Gasteiger partial charge in [-0.15, -0.1) is 0 Å². The molecule has 6 heteroatoms. The summed E-state index contributed by atoms with van der Waals surface area (Å²) < 4.78 is 0. The highest BCUT2D eigenvalue weighted by atomic mass is 16.5. The van der Waals surface area contributed by atoms with Crippen molar-refractivity contribution in [3.05, 3.63) is 54.4 Å². The maximum Gasteiger partial charge on any atom is 0.251 e. The first-order valence-corrected chi connectivity index (χ1v) is 7.94. The summed E-state index contributed by atoms with van der Waals surface area (Å²) in [6, 6.07) is 10.9. The fourth-order valence-electron chi connectivity index (χ4n) is 3.14. The normalized spacial score (nSPS) is 19.7. The largest absolute Gasteiger partial charge is 0.349 e. The van der Waals surface area contributed by atoms with E-state index in [0.717, 1.165) is 24.0 Å². The molecule has 1 saturated carbocycles. The Hall–Kier alpha value is -2.73. The average Bonchev–Trinajstić information content (AvgIpc) is 3.10. The molecule has 6 nitrogen and oxygen atoms in total. The zero-order chi connectivity index (χ0) is 16.9. The van der Waals surface area contributed by atoms with Crippen LogP contribution < -0.4 is 10.8 Å². The van der Waals surface area contributed by atoms with Gasteiger partial charge in [0, 0.05) is 24.0 Å². The number of benzene rings is 1. The third-order valence-electron chi connectivity index (χ3n) is 4.44. The van der Waals surface area contributed by atoms with E-state index in [1.54, 1.807) is 30.0 Å². The Kier molecular flexibility index (Phi) is 4.86. The van der Waals surface area contributed by atoms with E-state index in [1.807, 2.05) is 24.3 Å². The molecule has 1 aromatic heterocycles. The summed E-state index contributed by atoms with van der Waals surface area (Å²) in [7, 11) is 0. The fourth-order valence-corrected chi connectivity index (χ4v) is 3.14. The molecule has 1 aliphatic carbocycles. The molecule has 3 N–H and O–H groups in total. The van der Waals surface area contributed by atoms with E-state index in [0.29, 0.717) is 12.0 Å². The lowest BCUT2D eigenvalue weighted by Gasteiger charge is -2.19. The summed E-state index contributed by atoms with van der Waals surface area (Å²) in [6.07, 6.45) is 5.70. The Morgan fingerprint density at radius 3 is 2.33 bits per heavy atom. The molecule has 1 fully saturated rings. The van der Waals surface area contributed by atoms with Gasteiger partial charge in [-0.1, -0.05) is 18.6 Å². The molecular weight excluding hydrogens is 306 g/mol. The van der Waals surface area contributed by atoms with E-state index >= 15 is 0 Å². The number of carbonyl (C=O) groups is 2. The molecule has 2 atom stereocenters. The molecule has 1 aliphatic rings. The molecule has 24 heavy (non-hydrogen) atoms. The first-order chi connectivity index (χ1) is 11.7. The zero-order valence-corrected chi connectivity index (χ0v) is 13.1. The van der Waals surface area contributed by atoms with Gasteiger partial charge in [0.1, 0.15) is 0 Å². The Balaban J connectivity index is 1.68. The Labute approximate surface area is 139 Å². The van der Waals surface area contributed by atoms with Crippen LogP contribution in [0.3, 0.4) is 0 Å². The smallest absolute Gasteiger partial charge is 0.251 e. The Morgan fingerprint density at radius 1 is 1.00 bits per heavy atom. The van der Waals surface area contributed by atoms with Crippen LogP contribution in [0.25, 0.3) is 11.1 Å². The van der Waals surface area contributed by atoms with E-state index in [2.05, 4.69) is 10.3 Å². The highest BCUT2D eigenvalue weighted by Gasteiger charge is 2.34. The predicted octanol–water partition coefficient (Wildman–Crippen LogP) is 2.15. The summed E-state index contributed by atoms with van der Waals surface area (Å²) in [4.78, 5) is 28.0. The van der Waals surface area contributed by atoms with Gasteiger partial charge in [0.25, 0.3) is 5.91 Å². The topological polar surface area (TPSA) is 91.3 Å². The minimum Gasteiger partial charge on any atom is -0.349 e. The van der Waals surface area contributed by atoms with Crippen LogP contribution in [0.15, 0.2) is 48.8 Å². The summed E-state index contributed by atoms with van der Waals surface area (Å²) >= 11 is 0. The fraction of sp³-hybridized carbons (Fsp3) is 0.278. The van der Waals surface area contributed by atoms with E-state index in [4.69, 9.17) is 5.21 Å². The standard InChI is InChI=1S/C18H19N3O3/c22-17(20-16-3-1-2-15(16)18(23)21-24)14-6-4-12(5-7-14)13-8-10-19-11-9-13/h4-11,15-16,24H,1-3H2,(H,20,22)(H,21,23)/t15-,16+/m0/s1. The second kappa shape index (κ2) is 7.23. The molecular formula is C18H19N3O3. The van der Waals surface area contributed by atoms with Gasteiger partial charge in [-0.3, -0.25) is 19.8 Å². The predicted molar refractivity (Wildman–Crippen MR) is 88.2 cm³/mol. The van der Waals surface area contributed by atoms with Crippen molar-refractivity contribution in [1.29, 1.82) is 0 Å². The molecule has 0 aliphatic heterocycles. The Bertz CT molecular complexity index is 716. The average molecular weight is 325 g/mol. The molecule has 2 aromatic rings. The van der Waals surface area contributed by atoms with Crippen LogP contribution in [0.5, 0.6) is 0 Å². The minimum atomic E-state index is -0.439. The van der Waals surface area contributed by atoms with Crippen LogP contribution in [0.2, 0.25) is 0 Å². The van der Waals surface area contributed by atoms with Gasteiger partial charge in [0.15, 0.2) is 0 Å². The number of nitrogens with zero attached hydrogens (tertiary/aromatic N) is 1. The summed E-state index contributed by atoms with van der Waals surface area (Å²) in [6.45, 7) is 0. The lowest BCUT2D eigenvalue weighted by atomic mass is 10.0. The van der Waals surface area contributed by atoms with Crippen molar-refractivity contribution in [3.63, 3.8) is 0 Å². The van der Waals surface area contributed by atoms with Gasteiger partial charge < -0.3 is 5.32 Å². The van der Waals surface area contributed by atoms with Crippen LogP contribution in [0, 0.1) is 5.92 Å². The summed E-state index contributed by atoms with van der Waals surface area (Å²) in [5.41, 5.74) is 4.27. The molecule has 0 radical (unpaired) electrons. The molecule has 0 bridgehead atoms. The lowest BCUT2D eigenvalue weighted by molar-refractivity contribution is -0.133. The van der Waals surface area contributed by atoms with E-state index < -0.39 is 5.91 Å². The van der Waals surface area contributed by atoms with Crippen molar-refractivity contribution < 1.29 is 14.8 Å². The van der Waals surface area contributed by atoms with Crippen molar-refractivity contribution in [2.24, 2.45) is 5.92 Å². The maximum absolute atomic E-state index is 12.4. The number of amides is 2. The molecule has 3 rings (SSSR count). The summed E-state index contributed by atoms with van der Waals surface area (Å²) in [5.74, 6) is -1.03. The summed E-state index contributed by atoms with van der Waals surface area (Å²) in [5, 5.41) is 11.7. The van der Waals surface area contributed by atoms with E-state index in [9.17, 15) is 9.59 Å². The van der Waals surface area contributed by atoms with Crippen molar-refractivity contribution in [2.75, 3.05) is 0 Å². The number of hydrogen-bond donors (Lipinski definition) is 3. The zero-order valence-electron chi connectivity index (χ0n) is 13.1. The van der Waals surface area contributed by atoms with Gasteiger partial charge in [-0.05, 0) is 48.2 Å². The molecule has 0 spiro atoms. The van der Waals surface area contributed by atoms with Crippen molar-refractivity contribution in [3.8, 4) is 11.1 Å². The third kappa shape index (κ3) is 3.44. The molecule has 124 valence electrons. The van der Waals surface area contributed by atoms with E-state index in [1.165, 1.54) is 0 Å². The van der Waals surface area contributed by atoms with Crippen molar-refractivity contribution >= 4 is 11.8 Å². The number of aromatic nitrogens is 1. The third-order valence-corrected chi connectivity index (χ3v) is 4.44. The van der Waals surface area contributed by atoms with Crippen LogP contribution in [-0.4, -0.2) is 28.0 Å². The molecule has 1 aromatic carbocycles. The number of rotatable bonds is 4. The first-order valence-electron chi connectivity index (χ1n) is 7.94. The van der Waals surface area contributed by atoms with Crippen molar-refractivity contribution in [1.82, 2.24) is 15.8 Å². The SMILES string of the molecule is O=C(N[C@@H]1CCC[C@@H]1C(=O)NO)c1ccc(-c2ccncc2)cc1. The van der Waals surface area contributed by atoms with Gasteiger partial charge in [0.2, 0.25) is 5.91 Å². The second-order valence-electron chi connectivity index (χ2n) is 5.91. The van der Waals surface area contributed by atoms with Gasteiger partial charge in [0.05, 0.1) is 5.92 Å². The highest BCUT2D eigenvalue weighted by molar-refractivity contribution is 5.95. The number of nitrogens with one attached hydrogen (secondary N) is 2. The van der Waals surface area contributed by atoms with Crippen LogP contribution >= 0.6 is 0 Å². The molecule has 0 saturated heterocycles. The first kappa shape index (κ1) is 16.1. The number of hydroxylamine groups is 1. The second-order valence-corrected chi connectivity index (χ2v) is 5.91. The molecule has 1 heterocycles. The number of carbonyl (C=O) groups excluding carboxylic acids is 2. The lowest BCUT2D eigenvalue weighted by Crippen LogP contribution is -2.43. The Morgan fingerprint density at radius 2 is 1.67 bits per heavy atom. The number of hydrogen-bond acceptors (Lipinski definition) is 4. The molecule has 0 unspecified atom stereocenters. The minimum absolute atomic E-state index is 0.209. The van der Waals surface area contributed by atoms with E-state index in [-0.39, 0.29) is 17.9 Å². The van der Waals surface area contributed by atoms with Crippen LogP contribution in [-0.2, 0) is 4.79 Å². The van der Waals surface area contributed by atoms with Crippen molar-refractivity contribution in [2.45, 2.75) is 25.3 Å². The van der Waals surface area contributed by atoms with Crippen LogP contribution in [0.4, 0.5) is 0 Å². The molecule has 2 amide bonds. The van der Waals surface area contributed by atoms with Crippen LogP contribution in [0.1, 0.15) is 29.6 Å². The van der Waals surface area contributed by atoms with Gasteiger partial charge >= 0.3 is 0 Å². The monoisotopic (exact) mass is 325 g/mol.